The first-order valence-electron chi connectivity index (χ1n) is 9.71. The number of carboxylic acid groups (broad SMARTS) is 1. The number of unbranched alkanes of at least 4 members (excludes halogenated alkanes) is 4. The van der Waals surface area contributed by atoms with Crippen LogP contribution in [0.3, 0.4) is 0 Å². The summed E-state index contributed by atoms with van der Waals surface area (Å²) in [4.78, 5) is 25.4. The summed E-state index contributed by atoms with van der Waals surface area (Å²) in [5.41, 5.74) is 0.933. The summed E-state index contributed by atoms with van der Waals surface area (Å²) >= 11 is 6.65. The fraction of sp³-hybridized carbons (Fsp3) is 0.476. The Bertz CT molecular complexity index is 716. The largest absolute Gasteiger partial charge is 0.494 e. The Morgan fingerprint density at radius 1 is 1.18 bits per heavy atom. The van der Waals surface area contributed by atoms with Gasteiger partial charge in [-0.05, 0) is 43.0 Å². The quantitative estimate of drug-likeness (QED) is 0.288. The molecule has 2 rings (SSSR count). The van der Waals surface area contributed by atoms with Crippen LogP contribution >= 0.6 is 24.0 Å². The average molecular weight is 422 g/mol. The van der Waals surface area contributed by atoms with E-state index in [0.29, 0.717) is 22.2 Å². The minimum absolute atomic E-state index is 0.0758. The lowest BCUT2D eigenvalue weighted by molar-refractivity contribution is -0.137. The minimum atomic E-state index is -0.786. The van der Waals surface area contributed by atoms with Crippen LogP contribution in [0, 0.1) is 0 Å². The second-order valence-electron chi connectivity index (χ2n) is 6.66. The van der Waals surface area contributed by atoms with E-state index < -0.39 is 5.97 Å². The van der Waals surface area contributed by atoms with Crippen LogP contribution in [0.2, 0.25) is 0 Å². The predicted octanol–water partition coefficient (Wildman–Crippen LogP) is 5.10. The van der Waals surface area contributed by atoms with Gasteiger partial charge in [-0.3, -0.25) is 14.5 Å². The third-order valence-corrected chi connectivity index (χ3v) is 5.72. The molecule has 1 aliphatic rings. The third kappa shape index (κ3) is 7.28. The number of carboxylic acids is 1. The number of rotatable bonds is 12. The van der Waals surface area contributed by atoms with E-state index in [1.54, 1.807) is 4.90 Å². The van der Waals surface area contributed by atoms with Crippen molar-refractivity contribution in [2.75, 3.05) is 13.2 Å². The van der Waals surface area contributed by atoms with Crippen LogP contribution in [0.1, 0.15) is 57.4 Å². The highest BCUT2D eigenvalue weighted by molar-refractivity contribution is 8.26. The van der Waals surface area contributed by atoms with Crippen molar-refractivity contribution in [2.24, 2.45) is 0 Å². The molecule has 0 aliphatic carbocycles. The van der Waals surface area contributed by atoms with Crippen molar-refractivity contribution in [2.45, 2.75) is 51.9 Å². The van der Waals surface area contributed by atoms with Gasteiger partial charge in [-0.1, -0.05) is 62.3 Å². The Morgan fingerprint density at radius 2 is 1.93 bits per heavy atom. The van der Waals surface area contributed by atoms with Crippen LogP contribution in [-0.2, 0) is 9.59 Å². The zero-order chi connectivity index (χ0) is 20.4. The Labute approximate surface area is 176 Å². The summed E-state index contributed by atoms with van der Waals surface area (Å²) in [5, 5.41) is 8.66. The van der Waals surface area contributed by atoms with Crippen molar-refractivity contribution in [3.63, 3.8) is 0 Å². The van der Waals surface area contributed by atoms with Gasteiger partial charge < -0.3 is 9.84 Å². The third-order valence-electron chi connectivity index (χ3n) is 4.34. The number of carbonyl (C=O) groups is 2. The van der Waals surface area contributed by atoms with Gasteiger partial charge >= 0.3 is 5.97 Å². The van der Waals surface area contributed by atoms with E-state index in [1.165, 1.54) is 24.6 Å². The molecule has 0 aromatic heterocycles. The standard InChI is InChI=1S/C21H27NO4S2/c1-2-3-7-14-26-17-11-9-16(10-12-17)15-18-20(25)22(21(27)28-18)13-6-4-5-8-19(23)24/h9-12,15H,2-8,13-14H2,1H3,(H,23,24)/b18-15-. The number of hydrogen-bond acceptors (Lipinski definition) is 5. The number of amides is 1. The van der Waals surface area contributed by atoms with E-state index in [4.69, 9.17) is 22.1 Å². The van der Waals surface area contributed by atoms with E-state index in [1.807, 2.05) is 30.3 Å². The molecule has 1 fully saturated rings. The first kappa shape index (κ1) is 22.4. The predicted molar refractivity (Wildman–Crippen MR) is 117 cm³/mol. The van der Waals surface area contributed by atoms with Crippen molar-refractivity contribution in [3.05, 3.63) is 34.7 Å². The SMILES string of the molecule is CCCCCOc1ccc(/C=C2\SC(=S)N(CCCCCC(=O)O)C2=O)cc1. The fourth-order valence-corrected chi connectivity index (χ4v) is 4.08. The van der Waals surface area contributed by atoms with E-state index in [2.05, 4.69) is 6.92 Å². The Morgan fingerprint density at radius 3 is 2.61 bits per heavy atom. The molecule has 0 atom stereocenters. The monoisotopic (exact) mass is 421 g/mol. The van der Waals surface area contributed by atoms with Crippen LogP contribution in [0.25, 0.3) is 6.08 Å². The van der Waals surface area contributed by atoms with E-state index in [-0.39, 0.29) is 12.3 Å². The fourth-order valence-electron chi connectivity index (χ4n) is 2.77. The lowest BCUT2D eigenvalue weighted by Gasteiger charge is -2.13. The molecule has 1 heterocycles. The molecule has 0 unspecified atom stereocenters. The van der Waals surface area contributed by atoms with Crippen LogP contribution in [0.4, 0.5) is 0 Å². The second-order valence-corrected chi connectivity index (χ2v) is 8.34. The van der Waals surface area contributed by atoms with Crippen LogP contribution in [0.5, 0.6) is 5.75 Å². The van der Waals surface area contributed by atoms with Crippen molar-refractivity contribution >= 4 is 46.3 Å². The van der Waals surface area contributed by atoms with E-state index in [9.17, 15) is 9.59 Å². The van der Waals surface area contributed by atoms with E-state index in [0.717, 1.165) is 37.2 Å². The summed E-state index contributed by atoms with van der Waals surface area (Å²) < 4.78 is 6.27. The highest BCUT2D eigenvalue weighted by atomic mass is 32.2. The summed E-state index contributed by atoms with van der Waals surface area (Å²) in [6, 6.07) is 7.71. The number of aliphatic carboxylic acids is 1. The maximum atomic E-state index is 12.6. The molecule has 0 saturated carbocycles. The maximum Gasteiger partial charge on any atom is 0.303 e. The lowest BCUT2D eigenvalue weighted by atomic mass is 10.2. The molecule has 7 heteroatoms. The number of hydrogen-bond donors (Lipinski definition) is 1. The molecule has 152 valence electrons. The molecule has 1 aromatic rings. The van der Waals surface area contributed by atoms with Gasteiger partial charge in [0, 0.05) is 13.0 Å². The molecule has 0 bridgehead atoms. The molecule has 5 nitrogen and oxygen atoms in total. The van der Waals surface area contributed by atoms with Crippen LogP contribution in [-0.4, -0.2) is 39.4 Å². The molecular formula is C21H27NO4S2. The lowest BCUT2D eigenvalue weighted by Crippen LogP contribution is -2.29. The molecular weight excluding hydrogens is 394 g/mol. The first-order chi connectivity index (χ1) is 13.5. The minimum Gasteiger partial charge on any atom is -0.494 e. The molecule has 1 N–H and O–H groups in total. The highest BCUT2D eigenvalue weighted by Crippen LogP contribution is 2.33. The van der Waals surface area contributed by atoms with Gasteiger partial charge in [-0.25, -0.2) is 0 Å². The summed E-state index contributed by atoms with van der Waals surface area (Å²) in [5.74, 6) is -0.0267. The Balaban J connectivity index is 1.85. The number of benzene rings is 1. The topological polar surface area (TPSA) is 66.8 Å². The molecule has 1 saturated heterocycles. The zero-order valence-corrected chi connectivity index (χ0v) is 17.8. The number of thioether (sulfide) groups is 1. The summed E-state index contributed by atoms with van der Waals surface area (Å²) in [6.45, 7) is 3.42. The Kier molecular flexibility index (Phi) is 9.50. The molecule has 0 spiro atoms. The van der Waals surface area contributed by atoms with Crippen LogP contribution < -0.4 is 4.74 Å². The van der Waals surface area contributed by atoms with Crippen molar-refractivity contribution in [1.29, 1.82) is 0 Å². The van der Waals surface area contributed by atoms with Crippen molar-refractivity contribution in [3.8, 4) is 5.75 Å². The first-order valence-corrected chi connectivity index (χ1v) is 10.9. The smallest absolute Gasteiger partial charge is 0.303 e. The second kappa shape index (κ2) is 11.9. The van der Waals surface area contributed by atoms with Gasteiger partial charge in [-0.15, -0.1) is 0 Å². The number of carbonyl (C=O) groups excluding carboxylic acids is 1. The maximum absolute atomic E-state index is 12.6. The molecule has 1 amide bonds. The van der Waals surface area contributed by atoms with Gasteiger partial charge in [0.25, 0.3) is 5.91 Å². The zero-order valence-electron chi connectivity index (χ0n) is 16.2. The van der Waals surface area contributed by atoms with Crippen LogP contribution in [0.15, 0.2) is 29.2 Å². The van der Waals surface area contributed by atoms with Crippen molar-refractivity contribution < 1.29 is 19.4 Å². The van der Waals surface area contributed by atoms with Gasteiger partial charge in [0.1, 0.15) is 10.1 Å². The van der Waals surface area contributed by atoms with E-state index >= 15 is 0 Å². The average Bonchev–Trinajstić information content (AvgIpc) is 2.93. The normalized spacial score (nSPS) is 15.5. The Hall–Kier alpha value is -1.86. The molecule has 1 aliphatic heterocycles. The summed E-state index contributed by atoms with van der Waals surface area (Å²) in [6.07, 6.45) is 7.53. The highest BCUT2D eigenvalue weighted by Gasteiger charge is 2.31. The van der Waals surface area contributed by atoms with Gasteiger partial charge in [0.15, 0.2) is 0 Å². The van der Waals surface area contributed by atoms with Crippen molar-refractivity contribution in [1.82, 2.24) is 4.90 Å². The van der Waals surface area contributed by atoms with Gasteiger partial charge in [-0.2, -0.15) is 0 Å². The molecule has 0 radical (unpaired) electrons. The number of thiocarbonyl (C=S) groups is 1. The molecule has 28 heavy (non-hydrogen) atoms. The van der Waals surface area contributed by atoms with Gasteiger partial charge in [0.2, 0.25) is 0 Å². The summed E-state index contributed by atoms with van der Waals surface area (Å²) in [7, 11) is 0. The molecule has 1 aromatic carbocycles. The number of nitrogens with zero attached hydrogens (tertiary/aromatic N) is 1. The van der Waals surface area contributed by atoms with Gasteiger partial charge in [0.05, 0.1) is 11.5 Å². The number of ether oxygens (including phenoxy) is 1.